The molecule has 1 aromatic carbocycles. The Morgan fingerprint density at radius 3 is 2.48 bits per heavy atom. The molecule has 112 valence electrons. The van der Waals surface area contributed by atoms with E-state index in [2.05, 4.69) is 22.0 Å². The lowest BCUT2D eigenvalue weighted by Gasteiger charge is -2.23. The van der Waals surface area contributed by atoms with Crippen LogP contribution in [-0.4, -0.2) is 23.0 Å². The monoisotopic (exact) mass is 323 g/mol. The van der Waals surface area contributed by atoms with E-state index in [0.717, 1.165) is 24.3 Å². The van der Waals surface area contributed by atoms with Gasteiger partial charge in [-0.15, -0.1) is 0 Å². The molecule has 0 radical (unpaired) electrons. The predicted octanol–water partition coefficient (Wildman–Crippen LogP) is 3.66. The summed E-state index contributed by atoms with van der Waals surface area (Å²) in [5.74, 6) is 0. The van der Waals surface area contributed by atoms with Crippen LogP contribution in [0.4, 0.5) is 0 Å². The normalized spacial score (nSPS) is 11.1. The van der Waals surface area contributed by atoms with Gasteiger partial charge < -0.3 is 5.73 Å². The molecule has 0 unspecified atom stereocenters. The van der Waals surface area contributed by atoms with Crippen molar-refractivity contribution >= 4 is 23.2 Å². The summed E-state index contributed by atoms with van der Waals surface area (Å²) < 4.78 is 0. The Labute approximate surface area is 135 Å². The fourth-order valence-corrected chi connectivity index (χ4v) is 2.88. The van der Waals surface area contributed by atoms with Crippen LogP contribution in [0.25, 0.3) is 0 Å². The highest BCUT2D eigenvalue weighted by Gasteiger charge is 2.13. The van der Waals surface area contributed by atoms with E-state index in [0.29, 0.717) is 23.3 Å². The van der Waals surface area contributed by atoms with Crippen LogP contribution in [0.2, 0.25) is 10.2 Å². The molecule has 1 heterocycles. The topological polar surface area (TPSA) is 42.1 Å². The standard InChI is InChI=1S/C16H19Cl2N3/c1-12-9-15(17)14(16(18)20-12)11-21(8-7-19)10-13-5-3-2-4-6-13/h2-6,9H,7-8,10-11,19H2,1H3. The number of rotatable bonds is 6. The highest BCUT2D eigenvalue weighted by Crippen LogP contribution is 2.25. The molecule has 2 aromatic rings. The third-order valence-electron chi connectivity index (χ3n) is 3.22. The molecule has 0 amide bonds. The molecule has 0 aliphatic heterocycles. The van der Waals surface area contributed by atoms with Crippen LogP contribution in [0.1, 0.15) is 16.8 Å². The summed E-state index contributed by atoms with van der Waals surface area (Å²) in [5.41, 5.74) is 8.62. The van der Waals surface area contributed by atoms with E-state index in [1.165, 1.54) is 5.56 Å². The average molecular weight is 324 g/mol. The fourth-order valence-electron chi connectivity index (χ4n) is 2.23. The van der Waals surface area contributed by atoms with Crippen molar-refractivity contribution in [3.8, 4) is 0 Å². The van der Waals surface area contributed by atoms with E-state index in [1.54, 1.807) is 0 Å². The van der Waals surface area contributed by atoms with Gasteiger partial charge in [0.1, 0.15) is 5.15 Å². The number of hydrogen-bond acceptors (Lipinski definition) is 3. The highest BCUT2D eigenvalue weighted by molar-refractivity contribution is 6.35. The van der Waals surface area contributed by atoms with E-state index < -0.39 is 0 Å². The quantitative estimate of drug-likeness (QED) is 0.825. The van der Waals surface area contributed by atoms with Crippen molar-refractivity contribution in [3.05, 3.63) is 63.4 Å². The number of aryl methyl sites for hydroxylation is 1. The highest BCUT2D eigenvalue weighted by atomic mass is 35.5. The molecule has 2 N–H and O–H groups in total. The summed E-state index contributed by atoms with van der Waals surface area (Å²) in [6, 6.07) is 12.1. The third-order valence-corrected chi connectivity index (χ3v) is 3.87. The summed E-state index contributed by atoms with van der Waals surface area (Å²) in [4.78, 5) is 6.50. The molecule has 0 aliphatic carbocycles. The van der Waals surface area contributed by atoms with Crippen molar-refractivity contribution < 1.29 is 0 Å². The van der Waals surface area contributed by atoms with Crippen molar-refractivity contribution in [2.45, 2.75) is 20.0 Å². The molecule has 0 saturated carbocycles. The van der Waals surface area contributed by atoms with Gasteiger partial charge in [-0.3, -0.25) is 4.90 Å². The van der Waals surface area contributed by atoms with Gasteiger partial charge >= 0.3 is 0 Å². The average Bonchev–Trinajstić information content (AvgIpc) is 2.44. The lowest BCUT2D eigenvalue weighted by molar-refractivity contribution is 0.264. The molecule has 2 rings (SSSR count). The minimum Gasteiger partial charge on any atom is -0.329 e. The van der Waals surface area contributed by atoms with Crippen LogP contribution in [0.15, 0.2) is 36.4 Å². The Kier molecular flexibility index (Phi) is 6.00. The molecule has 0 spiro atoms. The van der Waals surface area contributed by atoms with Gasteiger partial charge in [0.05, 0.1) is 0 Å². The fraction of sp³-hybridized carbons (Fsp3) is 0.312. The van der Waals surface area contributed by atoms with Crippen LogP contribution in [0.5, 0.6) is 0 Å². The molecule has 3 nitrogen and oxygen atoms in total. The van der Waals surface area contributed by atoms with Gasteiger partial charge in [-0.05, 0) is 18.6 Å². The Morgan fingerprint density at radius 2 is 1.86 bits per heavy atom. The first-order valence-electron chi connectivity index (χ1n) is 6.88. The molecule has 1 aromatic heterocycles. The summed E-state index contributed by atoms with van der Waals surface area (Å²) in [7, 11) is 0. The molecule has 21 heavy (non-hydrogen) atoms. The first kappa shape index (κ1) is 16.2. The number of benzene rings is 1. The number of pyridine rings is 1. The summed E-state index contributed by atoms with van der Waals surface area (Å²) in [5, 5.41) is 1.12. The zero-order chi connectivity index (χ0) is 15.2. The molecule has 0 aliphatic rings. The van der Waals surface area contributed by atoms with Crippen molar-refractivity contribution in [3.63, 3.8) is 0 Å². The molecule has 0 saturated heterocycles. The molecule has 5 heteroatoms. The summed E-state index contributed by atoms with van der Waals surface area (Å²) in [6.07, 6.45) is 0. The number of hydrogen-bond donors (Lipinski definition) is 1. The van der Waals surface area contributed by atoms with Gasteiger partial charge in [-0.25, -0.2) is 4.98 Å². The Morgan fingerprint density at radius 1 is 1.14 bits per heavy atom. The number of nitrogens with zero attached hydrogens (tertiary/aromatic N) is 2. The minimum atomic E-state index is 0.468. The van der Waals surface area contributed by atoms with Crippen LogP contribution in [0.3, 0.4) is 0 Å². The zero-order valence-electron chi connectivity index (χ0n) is 12.0. The maximum atomic E-state index is 6.30. The summed E-state index contributed by atoms with van der Waals surface area (Å²) in [6.45, 7) is 4.68. The minimum absolute atomic E-state index is 0.468. The Bertz CT molecular complexity index is 564. The molecular formula is C16H19Cl2N3. The Hall–Kier alpha value is -1.13. The van der Waals surface area contributed by atoms with E-state index in [-0.39, 0.29) is 0 Å². The summed E-state index contributed by atoms with van der Waals surface area (Å²) >= 11 is 12.5. The molecule has 0 fully saturated rings. The number of aromatic nitrogens is 1. The van der Waals surface area contributed by atoms with Crippen LogP contribution < -0.4 is 5.73 Å². The second kappa shape index (κ2) is 7.76. The van der Waals surface area contributed by atoms with Crippen molar-refractivity contribution in [1.29, 1.82) is 0 Å². The van der Waals surface area contributed by atoms with E-state index in [1.807, 2.05) is 31.2 Å². The Balaban J connectivity index is 2.17. The first-order chi connectivity index (χ1) is 10.1. The molecular weight excluding hydrogens is 305 g/mol. The van der Waals surface area contributed by atoms with Crippen LogP contribution in [0, 0.1) is 6.92 Å². The zero-order valence-corrected chi connectivity index (χ0v) is 13.5. The van der Waals surface area contributed by atoms with E-state index in [9.17, 15) is 0 Å². The number of halogens is 2. The lowest BCUT2D eigenvalue weighted by atomic mass is 10.2. The van der Waals surface area contributed by atoms with Gasteiger partial charge in [0.15, 0.2) is 0 Å². The predicted molar refractivity (Wildman–Crippen MR) is 88.6 cm³/mol. The SMILES string of the molecule is Cc1cc(Cl)c(CN(CCN)Cc2ccccc2)c(Cl)n1. The van der Waals surface area contributed by atoms with Crippen molar-refractivity contribution in [2.75, 3.05) is 13.1 Å². The van der Waals surface area contributed by atoms with Gasteiger partial charge in [-0.2, -0.15) is 0 Å². The maximum absolute atomic E-state index is 6.30. The maximum Gasteiger partial charge on any atom is 0.135 e. The largest absolute Gasteiger partial charge is 0.329 e. The second-order valence-corrected chi connectivity index (χ2v) is 5.76. The smallest absolute Gasteiger partial charge is 0.135 e. The van der Waals surface area contributed by atoms with E-state index in [4.69, 9.17) is 28.9 Å². The van der Waals surface area contributed by atoms with Crippen molar-refractivity contribution in [2.24, 2.45) is 5.73 Å². The number of nitrogens with two attached hydrogens (primary N) is 1. The molecule has 0 atom stereocenters. The van der Waals surface area contributed by atoms with Gasteiger partial charge in [0, 0.05) is 42.5 Å². The van der Waals surface area contributed by atoms with Gasteiger partial charge in [0.2, 0.25) is 0 Å². The second-order valence-electron chi connectivity index (χ2n) is 5.00. The van der Waals surface area contributed by atoms with E-state index >= 15 is 0 Å². The van der Waals surface area contributed by atoms with Crippen LogP contribution >= 0.6 is 23.2 Å². The first-order valence-corrected chi connectivity index (χ1v) is 7.63. The third kappa shape index (κ3) is 4.68. The molecule has 0 bridgehead atoms. The lowest BCUT2D eigenvalue weighted by Crippen LogP contribution is -2.29. The van der Waals surface area contributed by atoms with Crippen LogP contribution in [-0.2, 0) is 13.1 Å². The van der Waals surface area contributed by atoms with Gasteiger partial charge in [-0.1, -0.05) is 53.5 Å². The van der Waals surface area contributed by atoms with Gasteiger partial charge in [0.25, 0.3) is 0 Å². The van der Waals surface area contributed by atoms with Crippen molar-refractivity contribution in [1.82, 2.24) is 9.88 Å².